The van der Waals surface area contributed by atoms with E-state index in [1.54, 1.807) is 6.92 Å². The molecule has 14 heteroatoms. The standard InChI is InChI=1S/C26H31F3O11/c1-9(26(27,28)29)5-14(31)40-17-10(2)11-6-13-24-8-38-25(22(36)37-4,19(24)16(33)21(35)39-13)20(34)15(32)18(24)23(11,3)7-12(17)30/h9,11,13,15-16,18-20,32-34H,5-8H2,1-4H3/t9?,11-,13+,15+,16+,18+,19+,20?,23-,24+,25-/m0/s1. The molecular formula is C26H31F3O11. The summed E-state index contributed by atoms with van der Waals surface area (Å²) in [7, 11) is 1.03. The third-order valence-corrected chi connectivity index (χ3v) is 10.1. The highest BCUT2D eigenvalue weighted by Gasteiger charge is 2.84. The first-order chi connectivity index (χ1) is 18.5. The minimum Gasteiger partial charge on any atom is -0.467 e. The van der Waals surface area contributed by atoms with Gasteiger partial charge in [-0.25, -0.2) is 9.59 Å². The molecule has 2 aliphatic heterocycles. The first-order valence-electron chi connectivity index (χ1n) is 13.0. The summed E-state index contributed by atoms with van der Waals surface area (Å²) in [6.45, 7) is 3.65. The van der Waals surface area contributed by atoms with Gasteiger partial charge in [-0.1, -0.05) is 13.8 Å². The molecule has 222 valence electrons. The van der Waals surface area contributed by atoms with Gasteiger partial charge in [0, 0.05) is 17.8 Å². The Morgan fingerprint density at radius 2 is 1.82 bits per heavy atom. The Morgan fingerprint density at radius 3 is 2.42 bits per heavy atom. The van der Waals surface area contributed by atoms with Crippen LogP contribution in [0.25, 0.3) is 0 Å². The fourth-order valence-corrected chi connectivity index (χ4v) is 8.41. The molecule has 40 heavy (non-hydrogen) atoms. The SMILES string of the molecule is COC(=O)[C@@]12OC[C@]34[C@H]([C@@H](O)C1O)[C@@]1(C)CC(=O)C(OC(=O)CC(C)C(F)(F)F)=C(C)[C@@H]1C[C@H]3OC(=O)[C@H](O)[C@H]42. The molecule has 2 heterocycles. The van der Waals surface area contributed by atoms with Gasteiger partial charge in [0.15, 0.2) is 23.2 Å². The van der Waals surface area contributed by atoms with Gasteiger partial charge in [0.1, 0.15) is 12.2 Å². The van der Waals surface area contributed by atoms with E-state index in [2.05, 4.69) is 0 Å². The molecule has 3 aliphatic carbocycles. The van der Waals surface area contributed by atoms with Crippen molar-refractivity contribution in [3.05, 3.63) is 11.3 Å². The quantitative estimate of drug-likeness (QED) is 0.316. The summed E-state index contributed by atoms with van der Waals surface area (Å²) in [6.07, 6.45) is -12.6. The molecule has 0 aromatic rings. The second kappa shape index (κ2) is 8.97. The van der Waals surface area contributed by atoms with Crippen molar-refractivity contribution < 1.29 is 66.6 Å². The van der Waals surface area contributed by atoms with Gasteiger partial charge in [0.2, 0.25) is 0 Å². The Labute approximate surface area is 226 Å². The van der Waals surface area contributed by atoms with E-state index in [0.717, 1.165) is 14.0 Å². The molecule has 5 aliphatic rings. The summed E-state index contributed by atoms with van der Waals surface area (Å²) in [4.78, 5) is 51.6. The molecule has 5 rings (SSSR count). The van der Waals surface area contributed by atoms with Crippen molar-refractivity contribution >= 4 is 23.7 Å². The number of methoxy groups -OCH3 is 1. The number of ether oxygens (including phenoxy) is 4. The lowest BCUT2D eigenvalue weighted by molar-refractivity contribution is -0.289. The molecule has 2 bridgehead atoms. The van der Waals surface area contributed by atoms with Gasteiger partial charge in [0.25, 0.3) is 0 Å². The number of fused-ring (bicyclic) bond motifs is 2. The molecule has 3 N–H and O–H groups in total. The first-order valence-corrected chi connectivity index (χ1v) is 13.0. The fraction of sp³-hybridized carbons (Fsp3) is 0.769. The van der Waals surface area contributed by atoms with Crippen molar-refractivity contribution in [2.75, 3.05) is 13.7 Å². The number of carbonyl (C=O) groups is 4. The topological polar surface area (TPSA) is 166 Å². The Morgan fingerprint density at radius 1 is 1.18 bits per heavy atom. The number of hydrogen-bond acceptors (Lipinski definition) is 11. The smallest absolute Gasteiger partial charge is 0.392 e. The van der Waals surface area contributed by atoms with Gasteiger partial charge in [-0.05, 0) is 30.3 Å². The number of rotatable bonds is 4. The number of halogens is 3. The van der Waals surface area contributed by atoms with Crippen LogP contribution in [0, 0.1) is 34.5 Å². The molecule has 1 spiro atoms. The molecule has 0 amide bonds. The lowest BCUT2D eigenvalue weighted by Gasteiger charge is -2.67. The van der Waals surface area contributed by atoms with E-state index in [1.807, 2.05) is 0 Å². The number of ketones is 1. The molecule has 2 saturated heterocycles. The van der Waals surface area contributed by atoms with Crippen LogP contribution in [0.15, 0.2) is 11.3 Å². The van der Waals surface area contributed by atoms with Gasteiger partial charge in [-0.3, -0.25) is 9.59 Å². The second-order valence-corrected chi connectivity index (χ2v) is 12.0. The molecule has 0 radical (unpaired) electrons. The van der Waals surface area contributed by atoms with Gasteiger partial charge in [0.05, 0.1) is 38.1 Å². The van der Waals surface area contributed by atoms with Gasteiger partial charge in [-0.2, -0.15) is 13.2 Å². The van der Waals surface area contributed by atoms with Crippen LogP contribution in [-0.2, 0) is 38.1 Å². The number of aliphatic hydroxyl groups is 3. The number of hydrogen-bond donors (Lipinski definition) is 3. The summed E-state index contributed by atoms with van der Waals surface area (Å²) in [5.74, 6) is -9.64. The summed E-state index contributed by atoms with van der Waals surface area (Å²) in [6, 6.07) is 0. The summed E-state index contributed by atoms with van der Waals surface area (Å²) < 4.78 is 60.4. The maximum absolute atomic E-state index is 13.4. The van der Waals surface area contributed by atoms with Crippen LogP contribution in [0.1, 0.15) is 40.0 Å². The molecule has 11 atom stereocenters. The van der Waals surface area contributed by atoms with Crippen molar-refractivity contribution in [2.24, 2.45) is 34.5 Å². The molecule has 11 nitrogen and oxygen atoms in total. The molecule has 0 aromatic heterocycles. The van der Waals surface area contributed by atoms with Crippen LogP contribution in [0.3, 0.4) is 0 Å². The lowest BCUT2D eigenvalue weighted by atomic mass is 9.38. The molecule has 2 unspecified atom stereocenters. The Kier molecular flexibility index (Phi) is 6.50. The molecule has 4 fully saturated rings. The van der Waals surface area contributed by atoms with Crippen molar-refractivity contribution in [2.45, 2.75) is 76.2 Å². The Bertz CT molecular complexity index is 1200. The predicted molar refractivity (Wildman–Crippen MR) is 122 cm³/mol. The maximum atomic E-state index is 13.4. The largest absolute Gasteiger partial charge is 0.467 e. The zero-order chi connectivity index (χ0) is 29.7. The fourth-order valence-electron chi connectivity index (χ4n) is 8.41. The van der Waals surface area contributed by atoms with Gasteiger partial charge in [-0.15, -0.1) is 0 Å². The molecular weight excluding hydrogens is 545 g/mol. The van der Waals surface area contributed by atoms with Crippen LogP contribution < -0.4 is 0 Å². The van der Waals surface area contributed by atoms with Crippen LogP contribution >= 0.6 is 0 Å². The highest BCUT2D eigenvalue weighted by Crippen LogP contribution is 2.72. The summed E-state index contributed by atoms with van der Waals surface area (Å²) in [5, 5.41) is 33.9. The van der Waals surface area contributed by atoms with E-state index in [9.17, 15) is 47.7 Å². The van der Waals surface area contributed by atoms with Crippen LogP contribution in [-0.4, -0.2) is 88.9 Å². The zero-order valence-electron chi connectivity index (χ0n) is 22.2. The predicted octanol–water partition coefficient (Wildman–Crippen LogP) is 0.574. The number of carbonyl (C=O) groups excluding carboxylic acids is 4. The number of alkyl halides is 3. The monoisotopic (exact) mass is 576 g/mol. The van der Waals surface area contributed by atoms with E-state index in [4.69, 9.17) is 18.9 Å². The van der Waals surface area contributed by atoms with E-state index in [-0.39, 0.29) is 25.0 Å². The minimum absolute atomic E-state index is 0.00447. The second-order valence-electron chi connectivity index (χ2n) is 12.0. The van der Waals surface area contributed by atoms with E-state index in [0.29, 0.717) is 0 Å². The minimum atomic E-state index is -4.64. The van der Waals surface area contributed by atoms with E-state index in [1.165, 1.54) is 6.92 Å². The molecule has 2 saturated carbocycles. The number of Topliss-reactive ketones (excluding diaryl/α,β-unsaturated/α-hetero) is 1. The summed E-state index contributed by atoms with van der Waals surface area (Å²) in [5.41, 5.74) is -4.65. The van der Waals surface area contributed by atoms with Crippen molar-refractivity contribution in [1.29, 1.82) is 0 Å². The van der Waals surface area contributed by atoms with Crippen molar-refractivity contribution in [3.8, 4) is 0 Å². The normalized spacial score (nSPS) is 44.8. The Balaban J connectivity index is 1.58. The summed E-state index contributed by atoms with van der Waals surface area (Å²) >= 11 is 0. The highest BCUT2D eigenvalue weighted by atomic mass is 19.4. The first kappa shape index (κ1) is 29.0. The van der Waals surface area contributed by atoms with Gasteiger partial charge < -0.3 is 34.3 Å². The van der Waals surface area contributed by atoms with E-state index >= 15 is 0 Å². The Hall–Kier alpha value is -2.55. The lowest BCUT2D eigenvalue weighted by Crippen LogP contribution is -2.79. The van der Waals surface area contributed by atoms with Crippen LogP contribution in [0.5, 0.6) is 0 Å². The van der Waals surface area contributed by atoms with Gasteiger partial charge >= 0.3 is 24.1 Å². The molecule has 0 aromatic carbocycles. The van der Waals surface area contributed by atoms with E-state index < -0.39 is 107 Å². The van der Waals surface area contributed by atoms with Crippen LogP contribution in [0.4, 0.5) is 13.2 Å². The average Bonchev–Trinajstić information content (AvgIpc) is 3.17. The maximum Gasteiger partial charge on any atom is 0.392 e. The number of allylic oxidation sites excluding steroid dienone is 2. The average molecular weight is 577 g/mol. The van der Waals surface area contributed by atoms with Crippen molar-refractivity contribution in [1.82, 2.24) is 0 Å². The third kappa shape index (κ3) is 3.51. The highest BCUT2D eigenvalue weighted by molar-refractivity contribution is 5.98. The zero-order valence-corrected chi connectivity index (χ0v) is 22.2. The van der Waals surface area contributed by atoms with Crippen LogP contribution in [0.2, 0.25) is 0 Å². The number of aliphatic hydroxyl groups excluding tert-OH is 3. The number of esters is 3. The third-order valence-electron chi connectivity index (χ3n) is 10.1. The van der Waals surface area contributed by atoms with Crippen molar-refractivity contribution in [3.63, 3.8) is 0 Å².